The van der Waals surface area contributed by atoms with Crippen LogP contribution in [0, 0.1) is 10.8 Å². The number of ether oxygens (including phenoxy) is 1. The molecular formula is C24H38O4Si. The summed E-state index contributed by atoms with van der Waals surface area (Å²) < 4.78 is 11.9. The van der Waals surface area contributed by atoms with Gasteiger partial charge in [-0.15, -0.1) is 0 Å². The van der Waals surface area contributed by atoms with Crippen molar-refractivity contribution in [1.29, 1.82) is 0 Å². The van der Waals surface area contributed by atoms with Crippen molar-refractivity contribution in [2.45, 2.75) is 73.5 Å². The number of carbonyl (C=O) groups is 2. The summed E-state index contributed by atoms with van der Waals surface area (Å²) in [5.74, 6) is 1.06. The Hall–Kier alpha value is -1.88. The van der Waals surface area contributed by atoms with Crippen molar-refractivity contribution in [3.05, 3.63) is 29.8 Å². The van der Waals surface area contributed by atoms with Crippen LogP contribution in [-0.2, 0) is 9.59 Å². The molecule has 1 aromatic carbocycles. The van der Waals surface area contributed by atoms with Crippen molar-refractivity contribution in [3.63, 3.8) is 0 Å². The van der Waals surface area contributed by atoms with E-state index in [-0.39, 0.29) is 16.6 Å². The van der Waals surface area contributed by atoms with E-state index in [2.05, 4.69) is 33.9 Å². The molecule has 0 fully saturated rings. The third kappa shape index (κ3) is 6.05. The lowest BCUT2D eigenvalue weighted by atomic mass is 9.72. The summed E-state index contributed by atoms with van der Waals surface area (Å²) >= 11 is 0. The largest absolute Gasteiger partial charge is 0.541 e. The maximum absolute atomic E-state index is 12.7. The van der Waals surface area contributed by atoms with Gasteiger partial charge in [0.2, 0.25) is 0 Å². The number of hydrogen-bond donors (Lipinski definition) is 0. The minimum Gasteiger partial charge on any atom is -0.541 e. The van der Waals surface area contributed by atoms with Gasteiger partial charge in [0.1, 0.15) is 5.75 Å². The molecule has 0 aromatic heterocycles. The molecule has 0 aliphatic heterocycles. The average Bonchev–Trinajstić information content (AvgIpc) is 2.57. The molecule has 0 unspecified atom stereocenters. The molecule has 0 aliphatic rings. The first-order valence-electron chi connectivity index (χ1n) is 10.1. The first-order valence-corrected chi connectivity index (χ1v) is 13.0. The van der Waals surface area contributed by atoms with Crippen molar-refractivity contribution in [1.82, 2.24) is 0 Å². The molecule has 0 N–H and O–H groups in total. The lowest BCUT2D eigenvalue weighted by molar-refractivity contribution is -0.141. The van der Waals surface area contributed by atoms with E-state index in [9.17, 15) is 9.59 Å². The second-order valence-electron chi connectivity index (χ2n) is 10.7. The summed E-state index contributed by atoms with van der Waals surface area (Å²) in [6.45, 7) is 19.8. The van der Waals surface area contributed by atoms with Crippen LogP contribution in [0.5, 0.6) is 11.5 Å². The number of hydrogen-bond acceptors (Lipinski definition) is 4. The fourth-order valence-electron chi connectivity index (χ4n) is 2.73. The first-order chi connectivity index (χ1) is 12.9. The monoisotopic (exact) mass is 418 g/mol. The summed E-state index contributed by atoms with van der Waals surface area (Å²) in [7, 11) is -0.383. The topological polar surface area (TPSA) is 52.6 Å². The maximum Gasteiger partial charge on any atom is 0.250 e. The molecule has 4 nitrogen and oxygen atoms in total. The summed E-state index contributed by atoms with van der Waals surface area (Å²) in [5, 5.41) is 0.0776. The van der Waals surface area contributed by atoms with Gasteiger partial charge in [0.15, 0.2) is 17.3 Å². The number of carbonyl (C=O) groups excluding carboxylic acids is 2. The van der Waals surface area contributed by atoms with Crippen molar-refractivity contribution >= 4 is 26.0 Å². The number of allylic oxidation sites excluding steroid dienone is 1. The van der Waals surface area contributed by atoms with E-state index in [0.29, 0.717) is 11.5 Å². The zero-order valence-electron chi connectivity index (χ0n) is 20.0. The highest BCUT2D eigenvalue weighted by Crippen LogP contribution is 2.40. The highest BCUT2D eigenvalue weighted by atomic mass is 28.4. The maximum atomic E-state index is 12.7. The number of methoxy groups -OCH3 is 1. The van der Waals surface area contributed by atoms with Crippen LogP contribution in [0.1, 0.15) is 61.0 Å². The molecule has 0 atom stereocenters. The highest BCUT2D eigenvalue weighted by Gasteiger charge is 2.41. The van der Waals surface area contributed by atoms with Gasteiger partial charge in [-0.05, 0) is 55.8 Å². The van der Waals surface area contributed by atoms with E-state index >= 15 is 0 Å². The fourth-order valence-corrected chi connectivity index (χ4v) is 3.75. The number of ketones is 2. The minimum absolute atomic E-state index is 0.0738. The fraction of sp³-hybridized carbons (Fsp3) is 0.583. The van der Waals surface area contributed by atoms with Gasteiger partial charge in [-0.25, -0.2) is 0 Å². The molecule has 0 aliphatic carbocycles. The first kappa shape index (κ1) is 25.2. The highest BCUT2D eigenvalue weighted by molar-refractivity contribution is 6.74. The molecule has 0 radical (unpaired) electrons. The quantitative estimate of drug-likeness (QED) is 0.296. The third-order valence-corrected chi connectivity index (χ3v) is 9.99. The smallest absolute Gasteiger partial charge is 0.250 e. The van der Waals surface area contributed by atoms with E-state index in [0.717, 1.165) is 5.56 Å². The lowest BCUT2D eigenvalue weighted by Crippen LogP contribution is -2.43. The second kappa shape index (κ2) is 8.47. The van der Waals surface area contributed by atoms with Gasteiger partial charge < -0.3 is 9.16 Å². The van der Waals surface area contributed by atoms with Gasteiger partial charge >= 0.3 is 0 Å². The Morgan fingerprint density at radius 1 is 0.931 bits per heavy atom. The molecule has 0 bridgehead atoms. The van der Waals surface area contributed by atoms with Crippen molar-refractivity contribution in [2.24, 2.45) is 10.8 Å². The van der Waals surface area contributed by atoms with Crippen LogP contribution in [0.2, 0.25) is 18.1 Å². The van der Waals surface area contributed by atoms with E-state index < -0.39 is 19.1 Å². The predicted octanol–water partition coefficient (Wildman–Crippen LogP) is 6.30. The van der Waals surface area contributed by atoms with E-state index in [4.69, 9.17) is 9.16 Å². The van der Waals surface area contributed by atoms with Crippen LogP contribution in [0.3, 0.4) is 0 Å². The lowest BCUT2D eigenvalue weighted by Gasteiger charge is -2.36. The van der Waals surface area contributed by atoms with Crippen LogP contribution < -0.4 is 9.16 Å². The van der Waals surface area contributed by atoms with Crippen LogP contribution in [-0.4, -0.2) is 27.0 Å². The number of rotatable bonds is 7. The molecular weight excluding hydrogens is 380 g/mol. The third-order valence-electron chi connectivity index (χ3n) is 5.65. The molecule has 0 saturated heterocycles. The Balaban J connectivity index is 3.11. The Morgan fingerprint density at radius 2 is 1.48 bits per heavy atom. The molecule has 0 spiro atoms. The van der Waals surface area contributed by atoms with Crippen molar-refractivity contribution < 1.29 is 18.8 Å². The SMILES string of the molecule is COc1cc(C=CC(=O)C(C)(C)C(=O)C(C)(C)C)ccc1O[Si](C)(C)C(C)(C)C. The molecule has 1 rings (SSSR count). The Morgan fingerprint density at radius 3 is 1.93 bits per heavy atom. The van der Waals surface area contributed by atoms with Crippen LogP contribution in [0.4, 0.5) is 0 Å². The minimum atomic E-state index is -1.99. The predicted molar refractivity (Wildman–Crippen MR) is 123 cm³/mol. The van der Waals surface area contributed by atoms with Crippen LogP contribution in [0.25, 0.3) is 6.08 Å². The molecule has 29 heavy (non-hydrogen) atoms. The van der Waals surface area contributed by atoms with Gasteiger partial charge in [-0.1, -0.05) is 53.7 Å². The van der Waals surface area contributed by atoms with Gasteiger partial charge in [-0.2, -0.15) is 0 Å². The molecule has 0 amide bonds. The normalized spacial score (nSPS) is 13.5. The summed E-state index contributed by atoms with van der Waals surface area (Å²) in [6.07, 6.45) is 3.20. The Kier molecular flexibility index (Phi) is 7.34. The van der Waals surface area contributed by atoms with E-state index in [1.165, 1.54) is 6.08 Å². The standard InChI is InChI=1S/C24H38O4Si/c1-22(2,3)21(26)24(7,8)20(25)15-13-17-12-14-18(19(16-17)27-9)28-29(10,11)23(4,5)6/h12-16H,1-11H3. The average molecular weight is 419 g/mol. The molecule has 5 heteroatoms. The van der Waals surface area contributed by atoms with Crippen molar-refractivity contribution in [2.75, 3.05) is 7.11 Å². The Labute approximate surface area is 177 Å². The van der Waals surface area contributed by atoms with Gasteiger partial charge in [-0.3, -0.25) is 9.59 Å². The summed E-state index contributed by atoms with van der Waals surface area (Å²) in [6, 6.07) is 5.63. The van der Waals surface area contributed by atoms with Gasteiger partial charge in [0.05, 0.1) is 12.5 Å². The van der Waals surface area contributed by atoms with Gasteiger partial charge in [0.25, 0.3) is 8.32 Å². The van der Waals surface area contributed by atoms with Crippen LogP contribution >= 0.6 is 0 Å². The number of benzene rings is 1. The number of Topliss-reactive ketones (excluding diaryl/α,β-unsaturated/α-hetero) is 1. The summed E-state index contributed by atoms with van der Waals surface area (Å²) in [4.78, 5) is 25.3. The van der Waals surface area contributed by atoms with E-state index in [1.807, 2.05) is 39.0 Å². The van der Waals surface area contributed by atoms with Gasteiger partial charge in [0, 0.05) is 5.41 Å². The molecule has 1 aromatic rings. The molecule has 0 saturated carbocycles. The zero-order valence-corrected chi connectivity index (χ0v) is 21.0. The molecule has 162 valence electrons. The Bertz CT molecular complexity index is 790. The summed E-state index contributed by atoms with van der Waals surface area (Å²) in [5.41, 5.74) is -0.819. The van der Waals surface area contributed by atoms with E-state index in [1.54, 1.807) is 27.0 Å². The zero-order chi connectivity index (χ0) is 22.8. The second-order valence-corrected chi connectivity index (χ2v) is 15.4. The molecule has 0 heterocycles. The van der Waals surface area contributed by atoms with Crippen molar-refractivity contribution in [3.8, 4) is 11.5 Å². The van der Waals surface area contributed by atoms with Crippen LogP contribution in [0.15, 0.2) is 24.3 Å².